The third kappa shape index (κ3) is 3.39. The van der Waals surface area contributed by atoms with E-state index in [0.29, 0.717) is 11.8 Å². The van der Waals surface area contributed by atoms with Crippen LogP contribution in [0.3, 0.4) is 0 Å². The normalized spacial score (nSPS) is 20.7. The van der Waals surface area contributed by atoms with Gasteiger partial charge in [0.05, 0.1) is 0 Å². The Morgan fingerprint density at radius 1 is 1.53 bits per heavy atom. The summed E-state index contributed by atoms with van der Waals surface area (Å²) in [7, 11) is 0. The predicted octanol–water partition coefficient (Wildman–Crippen LogP) is 3.33. The van der Waals surface area contributed by atoms with Gasteiger partial charge in [0, 0.05) is 36.3 Å². The number of carbonyl (C=O) groups is 1. The molecule has 17 heavy (non-hydrogen) atoms. The van der Waals surface area contributed by atoms with Crippen LogP contribution in [0.15, 0.2) is 17.5 Å². The Labute approximate surface area is 108 Å². The molecule has 0 spiro atoms. The van der Waals surface area contributed by atoms with Crippen molar-refractivity contribution in [2.24, 2.45) is 5.92 Å². The number of Topliss-reactive ketones (excluding diaryl/α,β-unsaturated/α-hetero) is 1. The van der Waals surface area contributed by atoms with Gasteiger partial charge < -0.3 is 0 Å². The highest BCUT2D eigenvalue weighted by Crippen LogP contribution is 2.24. The van der Waals surface area contributed by atoms with Crippen LogP contribution in [-0.4, -0.2) is 23.3 Å². The van der Waals surface area contributed by atoms with E-state index < -0.39 is 0 Å². The summed E-state index contributed by atoms with van der Waals surface area (Å²) in [4.78, 5) is 15.5. The quantitative estimate of drug-likeness (QED) is 0.800. The predicted molar refractivity (Wildman–Crippen MR) is 72.2 cm³/mol. The summed E-state index contributed by atoms with van der Waals surface area (Å²) in [5.41, 5.74) is 0. The van der Waals surface area contributed by atoms with Crippen LogP contribution in [0, 0.1) is 5.92 Å². The van der Waals surface area contributed by atoms with Crippen LogP contribution in [-0.2, 0) is 11.3 Å². The molecule has 1 fully saturated rings. The Hall–Kier alpha value is -0.670. The lowest BCUT2D eigenvalue weighted by molar-refractivity contribution is -0.121. The van der Waals surface area contributed by atoms with Crippen molar-refractivity contribution in [2.75, 3.05) is 6.54 Å². The fraction of sp³-hybridized carbons (Fsp3) is 0.643. The maximum atomic E-state index is 11.7. The Kier molecular flexibility index (Phi) is 4.35. The van der Waals surface area contributed by atoms with Crippen LogP contribution < -0.4 is 0 Å². The SMILES string of the molecule is CC(C)N(Cc1cccs1)CC1CCCC1=O. The van der Waals surface area contributed by atoms with Crippen LogP contribution in [0.5, 0.6) is 0 Å². The average Bonchev–Trinajstić information content (AvgIpc) is 2.90. The zero-order chi connectivity index (χ0) is 12.3. The number of ketones is 1. The van der Waals surface area contributed by atoms with Crippen LogP contribution in [0.4, 0.5) is 0 Å². The van der Waals surface area contributed by atoms with Crippen molar-refractivity contribution in [1.29, 1.82) is 0 Å². The summed E-state index contributed by atoms with van der Waals surface area (Å²) >= 11 is 1.80. The molecule has 1 unspecified atom stereocenters. The first-order valence-electron chi connectivity index (χ1n) is 6.46. The van der Waals surface area contributed by atoms with Crippen LogP contribution >= 0.6 is 11.3 Å². The molecule has 2 rings (SSSR count). The van der Waals surface area contributed by atoms with Gasteiger partial charge in [0.15, 0.2) is 0 Å². The zero-order valence-electron chi connectivity index (χ0n) is 10.7. The van der Waals surface area contributed by atoms with Crippen molar-refractivity contribution in [3.05, 3.63) is 22.4 Å². The number of thiophene rings is 1. The molecule has 1 aromatic heterocycles. The van der Waals surface area contributed by atoms with Crippen molar-refractivity contribution in [3.63, 3.8) is 0 Å². The highest BCUT2D eigenvalue weighted by molar-refractivity contribution is 7.09. The third-order valence-corrected chi connectivity index (χ3v) is 4.42. The van der Waals surface area contributed by atoms with Gasteiger partial charge in [0.1, 0.15) is 5.78 Å². The van der Waals surface area contributed by atoms with E-state index in [2.05, 4.69) is 36.3 Å². The summed E-state index contributed by atoms with van der Waals surface area (Å²) in [6.07, 6.45) is 2.98. The summed E-state index contributed by atoms with van der Waals surface area (Å²) in [6, 6.07) is 4.78. The van der Waals surface area contributed by atoms with E-state index in [0.717, 1.165) is 32.4 Å². The first kappa shape index (κ1) is 12.8. The molecule has 1 aliphatic carbocycles. The van der Waals surface area contributed by atoms with Gasteiger partial charge in [-0.05, 0) is 38.1 Å². The molecule has 0 aliphatic heterocycles. The van der Waals surface area contributed by atoms with Crippen LogP contribution in [0.1, 0.15) is 38.0 Å². The van der Waals surface area contributed by atoms with Gasteiger partial charge in [0.2, 0.25) is 0 Å². The highest BCUT2D eigenvalue weighted by Gasteiger charge is 2.27. The van der Waals surface area contributed by atoms with Crippen LogP contribution in [0.25, 0.3) is 0 Å². The lowest BCUT2D eigenvalue weighted by atomic mass is 10.1. The zero-order valence-corrected chi connectivity index (χ0v) is 11.5. The first-order valence-corrected chi connectivity index (χ1v) is 7.34. The van der Waals surface area contributed by atoms with E-state index in [1.165, 1.54) is 4.88 Å². The van der Waals surface area contributed by atoms with E-state index in [-0.39, 0.29) is 5.92 Å². The molecule has 0 amide bonds. The van der Waals surface area contributed by atoms with Crippen molar-refractivity contribution in [1.82, 2.24) is 4.90 Å². The van der Waals surface area contributed by atoms with E-state index >= 15 is 0 Å². The number of hydrogen-bond donors (Lipinski definition) is 0. The minimum atomic E-state index is 0.289. The smallest absolute Gasteiger partial charge is 0.137 e. The molecule has 0 radical (unpaired) electrons. The minimum absolute atomic E-state index is 0.289. The van der Waals surface area contributed by atoms with Crippen molar-refractivity contribution >= 4 is 17.1 Å². The Balaban J connectivity index is 1.95. The van der Waals surface area contributed by atoms with E-state index in [4.69, 9.17) is 0 Å². The molecular formula is C14H21NOS. The molecule has 0 bridgehead atoms. The molecule has 0 N–H and O–H groups in total. The standard InChI is InChI=1S/C14H21NOS/c1-11(2)15(10-13-6-4-8-17-13)9-12-5-3-7-14(12)16/h4,6,8,11-12H,3,5,7,9-10H2,1-2H3. The average molecular weight is 251 g/mol. The molecule has 3 heteroatoms. The number of rotatable bonds is 5. The van der Waals surface area contributed by atoms with Gasteiger partial charge in [-0.3, -0.25) is 9.69 Å². The van der Waals surface area contributed by atoms with Gasteiger partial charge in [-0.1, -0.05) is 6.07 Å². The molecule has 0 saturated heterocycles. The minimum Gasteiger partial charge on any atom is -0.299 e. The van der Waals surface area contributed by atoms with E-state index in [9.17, 15) is 4.79 Å². The Morgan fingerprint density at radius 2 is 2.35 bits per heavy atom. The second-order valence-corrected chi connectivity index (χ2v) is 6.19. The van der Waals surface area contributed by atoms with E-state index in [1.54, 1.807) is 11.3 Å². The number of hydrogen-bond acceptors (Lipinski definition) is 3. The lowest BCUT2D eigenvalue weighted by Crippen LogP contribution is -2.35. The van der Waals surface area contributed by atoms with Gasteiger partial charge >= 0.3 is 0 Å². The van der Waals surface area contributed by atoms with Crippen molar-refractivity contribution < 1.29 is 4.79 Å². The highest BCUT2D eigenvalue weighted by atomic mass is 32.1. The van der Waals surface area contributed by atoms with Gasteiger partial charge in [0.25, 0.3) is 0 Å². The maximum absolute atomic E-state index is 11.7. The Bertz CT molecular complexity index is 358. The molecule has 94 valence electrons. The molecule has 1 atom stereocenters. The molecule has 0 aromatic carbocycles. The lowest BCUT2D eigenvalue weighted by Gasteiger charge is -2.28. The second kappa shape index (κ2) is 5.78. The first-order chi connectivity index (χ1) is 8.16. The fourth-order valence-electron chi connectivity index (χ4n) is 2.42. The van der Waals surface area contributed by atoms with Crippen molar-refractivity contribution in [3.8, 4) is 0 Å². The Morgan fingerprint density at radius 3 is 2.88 bits per heavy atom. The monoisotopic (exact) mass is 251 g/mol. The third-order valence-electron chi connectivity index (χ3n) is 3.56. The topological polar surface area (TPSA) is 20.3 Å². The van der Waals surface area contributed by atoms with Crippen LogP contribution in [0.2, 0.25) is 0 Å². The molecular weight excluding hydrogens is 230 g/mol. The summed E-state index contributed by atoms with van der Waals surface area (Å²) in [6.45, 7) is 6.35. The van der Waals surface area contributed by atoms with E-state index in [1.807, 2.05) is 0 Å². The largest absolute Gasteiger partial charge is 0.299 e. The number of carbonyl (C=O) groups excluding carboxylic acids is 1. The van der Waals surface area contributed by atoms with Gasteiger partial charge in [-0.2, -0.15) is 0 Å². The molecule has 1 heterocycles. The molecule has 2 nitrogen and oxygen atoms in total. The maximum Gasteiger partial charge on any atom is 0.137 e. The summed E-state index contributed by atoms with van der Waals surface area (Å²) in [5, 5.41) is 2.12. The fourth-order valence-corrected chi connectivity index (χ4v) is 3.15. The summed E-state index contributed by atoms with van der Waals surface area (Å²) < 4.78 is 0. The molecule has 1 saturated carbocycles. The molecule has 1 aliphatic rings. The summed E-state index contributed by atoms with van der Waals surface area (Å²) in [5.74, 6) is 0.763. The van der Waals surface area contributed by atoms with Gasteiger partial charge in [-0.15, -0.1) is 11.3 Å². The van der Waals surface area contributed by atoms with Crippen molar-refractivity contribution in [2.45, 2.75) is 45.7 Å². The second-order valence-electron chi connectivity index (χ2n) is 5.16. The van der Waals surface area contributed by atoms with Gasteiger partial charge in [-0.25, -0.2) is 0 Å². The molecule has 1 aromatic rings. The number of nitrogens with zero attached hydrogens (tertiary/aromatic N) is 1.